The van der Waals surface area contributed by atoms with E-state index in [1.54, 1.807) is 0 Å². The van der Waals surface area contributed by atoms with Gasteiger partial charge in [-0.1, -0.05) is 13.8 Å². The number of nitrogens with zero attached hydrogens (tertiary/aromatic N) is 1. The first-order valence-corrected chi connectivity index (χ1v) is 4.93. The summed E-state index contributed by atoms with van der Waals surface area (Å²) in [5.74, 6) is 0. The van der Waals surface area contributed by atoms with Gasteiger partial charge in [-0.15, -0.1) is 0 Å². The molecule has 0 bridgehead atoms. The zero-order valence-corrected chi connectivity index (χ0v) is 8.38. The normalized spacial score (nSPS) is 18.2. The van der Waals surface area contributed by atoms with E-state index in [2.05, 4.69) is 4.90 Å². The minimum atomic E-state index is 0.803. The molecule has 3 nitrogen and oxygen atoms in total. The molecule has 1 heterocycles. The van der Waals surface area contributed by atoms with Crippen LogP contribution >= 0.6 is 0 Å². The lowest BCUT2D eigenvalue weighted by molar-refractivity contribution is 0.0377. The number of hydrogen-bond donors (Lipinski definition) is 1. The maximum Gasteiger partial charge on any atom is 0.0594 e. The van der Waals surface area contributed by atoms with Crippen molar-refractivity contribution in [3.8, 4) is 0 Å². The summed E-state index contributed by atoms with van der Waals surface area (Å²) in [5, 5.41) is 0. The van der Waals surface area contributed by atoms with Gasteiger partial charge in [0, 0.05) is 13.1 Å². The van der Waals surface area contributed by atoms with Crippen LogP contribution in [0.1, 0.15) is 20.3 Å². The standard InChI is InChI=1S/C7H16N2O.C2H6/c8-2-1-3-9-4-6-10-7-5-9;1-2/h1-8H2;1-2H3. The molecule has 3 heteroatoms. The van der Waals surface area contributed by atoms with Gasteiger partial charge in [-0.2, -0.15) is 0 Å². The average Bonchev–Trinajstić information content (AvgIpc) is 2.19. The fourth-order valence-electron chi connectivity index (χ4n) is 1.14. The number of nitrogens with two attached hydrogens (primary N) is 1. The van der Waals surface area contributed by atoms with Crippen LogP contribution in [-0.4, -0.2) is 44.3 Å². The van der Waals surface area contributed by atoms with E-state index in [0.717, 1.165) is 45.8 Å². The molecule has 0 aromatic carbocycles. The highest BCUT2D eigenvalue weighted by molar-refractivity contribution is 4.61. The third-order valence-corrected chi connectivity index (χ3v) is 1.78. The third-order valence-electron chi connectivity index (χ3n) is 1.78. The third kappa shape index (κ3) is 5.52. The summed E-state index contributed by atoms with van der Waals surface area (Å²) in [4.78, 5) is 2.40. The highest BCUT2D eigenvalue weighted by Crippen LogP contribution is 1.96. The molecule has 0 aromatic rings. The number of hydrogen-bond acceptors (Lipinski definition) is 3. The highest BCUT2D eigenvalue weighted by atomic mass is 16.5. The van der Waals surface area contributed by atoms with E-state index in [0.29, 0.717) is 0 Å². The Hall–Kier alpha value is -0.120. The molecule has 0 aromatic heterocycles. The molecule has 0 saturated carbocycles. The molecule has 1 aliphatic heterocycles. The largest absolute Gasteiger partial charge is 0.379 e. The monoisotopic (exact) mass is 174 g/mol. The van der Waals surface area contributed by atoms with E-state index < -0.39 is 0 Å². The Morgan fingerprint density at radius 2 is 1.83 bits per heavy atom. The molecule has 1 rings (SSSR count). The Kier molecular flexibility index (Phi) is 8.88. The van der Waals surface area contributed by atoms with Gasteiger partial charge in [0.15, 0.2) is 0 Å². The van der Waals surface area contributed by atoms with Crippen molar-refractivity contribution in [2.75, 3.05) is 39.4 Å². The molecule has 0 aliphatic carbocycles. The van der Waals surface area contributed by atoms with Gasteiger partial charge >= 0.3 is 0 Å². The fourth-order valence-corrected chi connectivity index (χ4v) is 1.14. The molecule has 0 radical (unpaired) electrons. The van der Waals surface area contributed by atoms with Crippen LogP contribution in [0.3, 0.4) is 0 Å². The zero-order chi connectivity index (χ0) is 9.23. The van der Waals surface area contributed by atoms with Crippen molar-refractivity contribution in [2.24, 2.45) is 5.73 Å². The van der Waals surface area contributed by atoms with E-state index in [4.69, 9.17) is 10.5 Å². The summed E-state index contributed by atoms with van der Waals surface area (Å²) in [6.45, 7) is 9.90. The maximum absolute atomic E-state index is 5.39. The summed E-state index contributed by atoms with van der Waals surface area (Å²) in [5.41, 5.74) is 5.39. The van der Waals surface area contributed by atoms with Crippen LogP contribution in [0, 0.1) is 0 Å². The molecular formula is C9H22N2O. The Morgan fingerprint density at radius 1 is 1.25 bits per heavy atom. The van der Waals surface area contributed by atoms with Crippen LogP contribution in [-0.2, 0) is 4.74 Å². The van der Waals surface area contributed by atoms with Gasteiger partial charge in [0.25, 0.3) is 0 Å². The first kappa shape index (κ1) is 11.9. The van der Waals surface area contributed by atoms with Crippen LogP contribution in [0.25, 0.3) is 0 Å². The lowest BCUT2D eigenvalue weighted by atomic mass is 10.3. The first-order chi connectivity index (χ1) is 5.93. The van der Waals surface area contributed by atoms with Crippen LogP contribution in [0.4, 0.5) is 0 Å². The fraction of sp³-hybridized carbons (Fsp3) is 1.00. The van der Waals surface area contributed by atoms with E-state index >= 15 is 0 Å². The lowest BCUT2D eigenvalue weighted by Crippen LogP contribution is -2.37. The van der Waals surface area contributed by atoms with Crippen molar-refractivity contribution in [3.63, 3.8) is 0 Å². The Bertz CT molecular complexity index is 82.6. The Balaban J connectivity index is 0.000000561. The Labute approximate surface area is 75.9 Å². The van der Waals surface area contributed by atoms with Crippen molar-refractivity contribution in [2.45, 2.75) is 20.3 Å². The number of rotatable bonds is 3. The van der Waals surface area contributed by atoms with E-state index in [1.807, 2.05) is 13.8 Å². The molecule has 74 valence electrons. The highest BCUT2D eigenvalue weighted by Gasteiger charge is 2.07. The van der Waals surface area contributed by atoms with Crippen LogP contribution in [0.15, 0.2) is 0 Å². The minimum absolute atomic E-state index is 0.803. The quantitative estimate of drug-likeness (QED) is 0.684. The van der Waals surface area contributed by atoms with Gasteiger partial charge in [0.2, 0.25) is 0 Å². The smallest absolute Gasteiger partial charge is 0.0594 e. The second-order valence-electron chi connectivity index (χ2n) is 2.60. The van der Waals surface area contributed by atoms with Gasteiger partial charge < -0.3 is 10.5 Å². The summed E-state index contributed by atoms with van der Waals surface area (Å²) in [6, 6.07) is 0. The second-order valence-corrected chi connectivity index (χ2v) is 2.60. The minimum Gasteiger partial charge on any atom is -0.379 e. The molecule has 0 spiro atoms. The van der Waals surface area contributed by atoms with Gasteiger partial charge in [-0.05, 0) is 19.5 Å². The number of morpholine rings is 1. The molecule has 1 saturated heterocycles. The van der Waals surface area contributed by atoms with E-state index in [1.165, 1.54) is 0 Å². The molecule has 1 aliphatic rings. The van der Waals surface area contributed by atoms with Gasteiger partial charge in [-0.3, -0.25) is 4.90 Å². The van der Waals surface area contributed by atoms with Crippen molar-refractivity contribution in [1.82, 2.24) is 4.90 Å². The van der Waals surface area contributed by atoms with Crippen molar-refractivity contribution < 1.29 is 4.74 Å². The topological polar surface area (TPSA) is 38.5 Å². The van der Waals surface area contributed by atoms with Gasteiger partial charge in [0.1, 0.15) is 0 Å². The van der Waals surface area contributed by atoms with Gasteiger partial charge in [0.05, 0.1) is 13.2 Å². The maximum atomic E-state index is 5.39. The SMILES string of the molecule is CC.NCCCN1CCOCC1. The van der Waals surface area contributed by atoms with Crippen LogP contribution < -0.4 is 5.73 Å². The molecule has 0 unspecified atom stereocenters. The van der Waals surface area contributed by atoms with Crippen LogP contribution in [0.2, 0.25) is 0 Å². The molecule has 12 heavy (non-hydrogen) atoms. The predicted molar refractivity (Wildman–Crippen MR) is 52.3 cm³/mol. The first-order valence-electron chi connectivity index (χ1n) is 4.93. The van der Waals surface area contributed by atoms with Crippen molar-refractivity contribution in [1.29, 1.82) is 0 Å². The summed E-state index contributed by atoms with van der Waals surface area (Å²) in [6.07, 6.45) is 1.11. The van der Waals surface area contributed by atoms with E-state index in [-0.39, 0.29) is 0 Å². The molecule has 0 atom stereocenters. The van der Waals surface area contributed by atoms with Crippen molar-refractivity contribution in [3.05, 3.63) is 0 Å². The van der Waals surface area contributed by atoms with Crippen molar-refractivity contribution >= 4 is 0 Å². The predicted octanol–water partition coefficient (Wildman–Crippen LogP) is 0.694. The number of ether oxygens (including phenoxy) is 1. The van der Waals surface area contributed by atoms with Gasteiger partial charge in [-0.25, -0.2) is 0 Å². The molecule has 1 fully saturated rings. The summed E-state index contributed by atoms with van der Waals surface area (Å²) < 4.78 is 5.21. The average molecular weight is 174 g/mol. The zero-order valence-electron chi connectivity index (χ0n) is 8.38. The summed E-state index contributed by atoms with van der Waals surface area (Å²) in [7, 11) is 0. The van der Waals surface area contributed by atoms with E-state index in [9.17, 15) is 0 Å². The van der Waals surface area contributed by atoms with Crippen LogP contribution in [0.5, 0.6) is 0 Å². The lowest BCUT2D eigenvalue weighted by Gasteiger charge is -2.26. The molecule has 2 N–H and O–H groups in total. The molecular weight excluding hydrogens is 152 g/mol. The summed E-state index contributed by atoms with van der Waals surface area (Å²) >= 11 is 0. The second kappa shape index (κ2) is 8.97. The Morgan fingerprint density at radius 3 is 2.33 bits per heavy atom. The molecule has 0 amide bonds.